The number of hydrogen-bond donors (Lipinski definition) is 0. The van der Waals surface area contributed by atoms with E-state index in [4.69, 9.17) is 0 Å². The second-order valence-electron chi connectivity index (χ2n) is 1.45. The average Bonchev–Trinajstić information content (AvgIpc) is 1.91. The molecule has 1 aromatic heterocycles. The van der Waals surface area contributed by atoms with Crippen molar-refractivity contribution < 1.29 is 0 Å². The Kier molecular flexibility index (Phi) is 1.90. The van der Waals surface area contributed by atoms with Gasteiger partial charge in [0.25, 0.3) is 0 Å². The summed E-state index contributed by atoms with van der Waals surface area (Å²) in [6.07, 6.45) is 4.83. The summed E-state index contributed by atoms with van der Waals surface area (Å²) in [6.45, 7) is 1.85. The van der Waals surface area contributed by atoms with E-state index in [2.05, 4.69) is 15.0 Å². The normalized spacial score (nSPS) is 10.3. The first kappa shape index (κ1) is 5.88. The third-order valence-electron chi connectivity index (χ3n) is 0.828. The molecule has 1 rings (SSSR count). The van der Waals surface area contributed by atoms with E-state index in [1.165, 1.54) is 6.33 Å². The highest BCUT2D eigenvalue weighted by Gasteiger charge is 1.81. The summed E-state index contributed by atoms with van der Waals surface area (Å²) in [5.41, 5.74) is 0. The molecular formula is C6H7N3. The lowest BCUT2D eigenvalue weighted by molar-refractivity contribution is 1.15. The van der Waals surface area contributed by atoms with Gasteiger partial charge >= 0.3 is 0 Å². The van der Waals surface area contributed by atoms with Crippen LogP contribution in [-0.4, -0.2) is 16.2 Å². The molecule has 46 valence electrons. The predicted octanol–water partition coefficient (Wildman–Crippen LogP) is 1.20. The molecule has 9 heavy (non-hydrogen) atoms. The summed E-state index contributed by atoms with van der Waals surface area (Å²) in [5.74, 6) is 0.701. The van der Waals surface area contributed by atoms with E-state index >= 15 is 0 Å². The van der Waals surface area contributed by atoms with E-state index in [9.17, 15) is 0 Å². The van der Waals surface area contributed by atoms with Crippen molar-refractivity contribution in [3.05, 3.63) is 18.6 Å². The summed E-state index contributed by atoms with van der Waals surface area (Å²) in [5, 5.41) is 0. The molecule has 0 bridgehead atoms. The molecule has 0 atom stereocenters. The van der Waals surface area contributed by atoms with Gasteiger partial charge in [-0.3, -0.25) is 0 Å². The largest absolute Gasteiger partial charge is 0.245 e. The molecular weight excluding hydrogens is 114 g/mol. The van der Waals surface area contributed by atoms with Gasteiger partial charge in [-0.25, -0.2) is 15.0 Å². The molecule has 0 spiro atoms. The van der Waals surface area contributed by atoms with Crippen LogP contribution in [0.1, 0.15) is 6.92 Å². The Bertz CT molecular complexity index is 193. The molecule has 0 aliphatic carbocycles. The van der Waals surface area contributed by atoms with Crippen molar-refractivity contribution in [2.45, 2.75) is 6.92 Å². The maximum atomic E-state index is 3.93. The molecule has 0 saturated heterocycles. The van der Waals surface area contributed by atoms with Gasteiger partial charge in [0.1, 0.15) is 6.33 Å². The summed E-state index contributed by atoms with van der Waals surface area (Å²) in [4.78, 5) is 11.5. The fraction of sp³-hybridized carbons (Fsp3) is 0.167. The van der Waals surface area contributed by atoms with Crippen molar-refractivity contribution in [1.29, 1.82) is 0 Å². The number of aromatic nitrogens is 2. The van der Waals surface area contributed by atoms with Crippen molar-refractivity contribution in [3.63, 3.8) is 0 Å². The van der Waals surface area contributed by atoms with Gasteiger partial charge in [0.15, 0.2) is 5.82 Å². The molecule has 0 unspecified atom stereocenters. The van der Waals surface area contributed by atoms with Crippen molar-refractivity contribution in [2.75, 3.05) is 0 Å². The quantitative estimate of drug-likeness (QED) is 0.523. The van der Waals surface area contributed by atoms with E-state index in [0.29, 0.717) is 5.82 Å². The van der Waals surface area contributed by atoms with E-state index in [1.54, 1.807) is 18.5 Å². The van der Waals surface area contributed by atoms with Gasteiger partial charge in [0, 0.05) is 18.5 Å². The standard InChI is InChI=1S/C6H7N3/c1-2-8-6-3-4-7-5-9-6/h2-5H,1H3. The Morgan fingerprint density at radius 3 is 3.11 bits per heavy atom. The van der Waals surface area contributed by atoms with E-state index in [1.807, 2.05) is 6.92 Å². The monoisotopic (exact) mass is 121 g/mol. The Morgan fingerprint density at radius 2 is 2.56 bits per heavy atom. The lowest BCUT2D eigenvalue weighted by atomic mass is 10.6. The Morgan fingerprint density at radius 1 is 1.67 bits per heavy atom. The lowest BCUT2D eigenvalue weighted by Crippen LogP contribution is -1.73. The summed E-state index contributed by atoms with van der Waals surface area (Å²) in [7, 11) is 0. The second kappa shape index (κ2) is 2.91. The lowest BCUT2D eigenvalue weighted by Gasteiger charge is -1.85. The predicted molar refractivity (Wildman–Crippen MR) is 35.9 cm³/mol. The molecule has 3 heteroatoms. The molecule has 0 saturated carbocycles. The third kappa shape index (κ3) is 1.60. The summed E-state index contributed by atoms with van der Waals surface area (Å²) >= 11 is 0. The molecule has 0 aliphatic heterocycles. The highest BCUT2D eigenvalue weighted by molar-refractivity contribution is 5.58. The highest BCUT2D eigenvalue weighted by atomic mass is 14.9. The van der Waals surface area contributed by atoms with Crippen LogP contribution >= 0.6 is 0 Å². The number of hydrogen-bond acceptors (Lipinski definition) is 3. The molecule has 1 aromatic rings. The molecule has 1 heterocycles. The first-order valence-electron chi connectivity index (χ1n) is 2.68. The number of aliphatic imine (C=N–C) groups is 1. The minimum absolute atomic E-state index is 0.701. The van der Waals surface area contributed by atoms with Crippen LogP contribution in [0.2, 0.25) is 0 Å². The molecule has 0 radical (unpaired) electrons. The van der Waals surface area contributed by atoms with Crippen LogP contribution in [0.5, 0.6) is 0 Å². The molecule has 0 amide bonds. The Balaban J connectivity index is 2.85. The van der Waals surface area contributed by atoms with Gasteiger partial charge in [-0.15, -0.1) is 0 Å². The molecule has 0 aromatic carbocycles. The van der Waals surface area contributed by atoms with Crippen molar-refractivity contribution >= 4 is 12.0 Å². The van der Waals surface area contributed by atoms with Crippen LogP contribution in [0.25, 0.3) is 0 Å². The topological polar surface area (TPSA) is 38.1 Å². The fourth-order valence-electron chi connectivity index (χ4n) is 0.492. The Hall–Kier alpha value is -1.25. The van der Waals surface area contributed by atoms with Crippen molar-refractivity contribution in [3.8, 4) is 0 Å². The maximum Gasteiger partial charge on any atom is 0.154 e. The third-order valence-corrected chi connectivity index (χ3v) is 0.828. The van der Waals surface area contributed by atoms with Gasteiger partial charge in [-0.05, 0) is 6.92 Å². The van der Waals surface area contributed by atoms with Crippen LogP contribution < -0.4 is 0 Å². The molecule has 3 nitrogen and oxygen atoms in total. The summed E-state index contributed by atoms with van der Waals surface area (Å²) in [6, 6.07) is 1.75. The first-order valence-corrected chi connectivity index (χ1v) is 2.68. The smallest absolute Gasteiger partial charge is 0.154 e. The van der Waals surface area contributed by atoms with Gasteiger partial charge < -0.3 is 0 Å². The molecule has 0 fully saturated rings. The van der Waals surface area contributed by atoms with Gasteiger partial charge in [0.2, 0.25) is 0 Å². The zero-order valence-electron chi connectivity index (χ0n) is 5.15. The van der Waals surface area contributed by atoms with Crippen LogP contribution in [0, 0.1) is 0 Å². The van der Waals surface area contributed by atoms with E-state index in [-0.39, 0.29) is 0 Å². The van der Waals surface area contributed by atoms with Gasteiger partial charge in [0.05, 0.1) is 0 Å². The number of rotatable bonds is 1. The van der Waals surface area contributed by atoms with Gasteiger partial charge in [-0.1, -0.05) is 0 Å². The van der Waals surface area contributed by atoms with Crippen molar-refractivity contribution in [1.82, 2.24) is 9.97 Å². The Labute approximate surface area is 53.5 Å². The highest BCUT2D eigenvalue weighted by Crippen LogP contribution is 2.00. The zero-order chi connectivity index (χ0) is 6.53. The zero-order valence-corrected chi connectivity index (χ0v) is 5.15. The van der Waals surface area contributed by atoms with E-state index < -0.39 is 0 Å². The van der Waals surface area contributed by atoms with E-state index in [0.717, 1.165) is 0 Å². The first-order chi connectivity index (χ1) is 4.43. The minimum Gasteiger partial charge on any atom is -0.245 e. The van der Waals surface area contributed by atoms with Crippen molar-refractivity contribution in [2.24, 2.45) is 4.99 Å². The molecule has 0 N–H and O–H groups in total. The van der Waals surface area contributed by atoms with Crippen LogP contribution in [-0.2, 0) is 0 Å². The van der Waals surface area contributed by atoms with Crippen LogP contribution in [0.4, 0.5) is 5.82 Å². The summed E-state index contributed by atoms with van der Waals surface area (Å²) < 4.78 is 0. The molecule has 0 aliphatic rings. The van der Waals surface area contributed by atoms with Crippen LogP contribution in [0.3, 0.4) is 0 Å². The van der Waals surface area contributed by atoms with Gasteiger partial charge in [-0.2, -0.15) is 0 Å². The minimum atomic E-state index is 0.701. The van der Waals surface area contributed by atoms with Crippen LogP contribution in [0.15, 0.2) is 23.6 Å². The fourth-order valence-corrected chi connectivity index (χ4v) is 0.492. The second-order valence-corrected chi connectivity index (χ2v) is 1.45. The maximum absolute atomic E-state index is 3.93. The average molecular weight is 121 g/mol. The SMILES string of the molecule is CC=Nc1ccncn1. The number of nitrogens with zero attached hydrogens (tertiary/aromatic N) is 3.